The van der Waals surface area contributed by atoms with E-state index in [1.54, 1.807) is 12.1 Å². The summed E-state index contributed by atoms with van der Waals surface area (Å²) in [6.45, 7) is 4.16. The van der Waals surface area contributed by atoms with Crippen molar-refractivity contribution in [3.63, 3.8) is 0 Å². The molecule has 1 fully saturated rings. The summed E-state index contributed by atoms with van der Waals surface area (Å²) in [5, 5.41) is 3.29. The van der Waals surface area contributed by atoms with Gasteiger partial charge in [-0.1, -0.05) is 17.7 Å². The normalized spacial score (nSPS) is 18.6. The number of ether oxygens (including phenoxy) is 1. The minimum atomic E-state index is -0.394. The van der Waals surface area contributed by atoms with E-state index in [2.05, 4.69) is 5.32 Å². The Balaban J connectivity index is 1.96. The third kappa shape index (κ3) is 2.48. The number of benzene rings is 1. The second-order valence-electron chi connectivity index (χ2n) is 4.09. The average Bonchev–Trinajstić information content (AvgIpc) is 2.17. The van der Waals surface area contributed by atoms with Gasteiger partial charge in [-0.2, -0.15) is 0 Å². The second kappa shape index (κ2) is 4.08. The number of hydrogen-bond acceptors (Lipinski definition) is 2. The van der Waals surface area contributed by atoms with E-state index in [-0.39, 0.29) is 10.6 Å². The molecular weight excluding hydrogens is 217 g/mol. The minimum absolute atomic E-state index is 0.101. The molecule has 0 aromatic heterocycles. The van der Waals surface area contributed by atoms with Crippen molar-refractivity contribution in [2.45, 2.75) is 19.1 Å². The molecule has 0 radical (unpaired) electrons. The molecule has 0 bridgehead atoms. The monoisotopic (exact) mass is 229 g/mol. The molecule has 1 heterocycles. The van der Waals surface area contributed by atoms with Crippen molar-refractivity contribution in [3.8, 4) is 0 Å². The van der Waals surface area contributed by atoms with Gasteiger partial charge in [-0.15, -0.1) is 0 Å². The Kier molecular flexibility index (Phi) is 2.96. The van der Waals surface area contributed by atoms with E-state index in [4.69, 9.17) is 16.3 Å². The van der Waals surface area contributed by atoms with E-state index in [0.29, 0.717) is 6.61 Å². The zero-order valence-electron chi connectivity index (χ0n) is 8.52. The Bertz CT molecular complexity index is 366. The van der Waals surface area contributed by atoms with E-state index in [0.717, 1.165) is 18.7 Å². The van der Waals surface area contributed by atoms with E-state index in [9.17, 15) is 4.39 Å². The van der Waals surface area contributed by atoms with Gasteiger partial charge in [0.1, 0.15) is 5.82 Å². The van der Waals surface area contributed by atoms with Crippen LogP contribution in [0.2, 0.25) is 5.02 Å². The van der Waals surface area contributed by atoms with Crippen molar-refractivity contribution in [1.82, 2.24) is 5.32 Å². The molecule has 1 saturated heterocycles. The van der Waals surface area contributed by atoms with Crippen molar-refractivity contribution >= 4 is 11.6 Å². The predicted octanol–water partition coefficient (Wildman–Crippen LogP) is 2.36. The van der Waals surface area contributed by atoms with Crippen LogP contribution in [0.4, 0.5) is 4.39 Å². The van der Waals surface area contributed by atoms with Crippen LogP contribution in [0.5, 0.6) is 0 Å². The minimum Gasteiger partial charge on any atom is -0.368 e. The highest BCUT2D eigenvalue weighted by Gasteiger charge is 2.32. The Labute approximate surface area is 93.4 Å². The Morgan fingerprint density at radius 3 is 2.80 bits per heavy atom. The molecule has 0 saturated carbocycles. The van der Waals surface area contributed by atoms with Crippen molar-refractivity contribution in [2.24, 2.45) is 0 Å². The zero-order chi connectivity index (χ0) is 10.9. The van der Waals surface area contributed by atoms with Gasteiger partial charge < -0.3 is 10.1 Å². The van der Waals surface area contributed by atoms with Crippen molar-refractivity contribution < 1.29 is 9.13 Å². The van der Waals surface area contributed by atoms with Gasteiger partial charge in [-0.25, -0.2) is 4.39 Å². The van der Waals surface area contributed by atoms with E-state index >= 15 is 0 Å². The van der Waals surface area contributed by atoms with Crippen LogP contribution in [-0.4, -0.2) is 18.7 Å². The molecule has 4 heteroatoms. The van der Waals surface area contributed by atoms with Crippen LogP contribution >= 0.6 is 11.6 Å². The van der Waals surface area contributed by atoms with Crippen LogP contribution in [0, 0.1) is 5.82 Å². The van der Waals surface area contributed by atoms with Gasteiger partial charge in [0, 0.05) is 13.1 Å². The number of halogens is 2. The van der Waals surface area contributed by atoms with Gasteiger partial charge in [0.25, 0.3) is 0 Å². The predicted molar refractivity (Wildman–Crippen MR) is 57.5 cm³/mol. The first kappa shape index (κ1) is 10.9. The molecule has 1 aromatic carbocycles. The van der Waals surface area contributed by atoms with E-state index < -0.39 is 5.82 Å². The molecule has 0 aliphatic carbocycles. The number of nitrogens with one attached hydrogen (secondary N) is 1. The first-order valence-corrected chi connectivity index (χ1v) is 5.25. The summed E-state index contributed by atoms with van der Waals surface area (Å²) in [6.07, 6.45) is 0. The molecule has 0 amide bonds. The molecule has 1 aromatic rings. The van der Waals surface area contributed by atoms with Crippen molar-refractivity contribution in [3.05, 3.63) is 34.6 Å². The molecule has 1 aliphatic heterocycles. The van der Waals surface area contributed by atoms with Gasteiger partial charge in [-0.05, 0) is 24.6 Å². The SMILES string of the molecule is CC1(OCc2ccc(Cl)c(F)c2)CNC1. The highest BCUT2D eigenvalue weighted by molar-refractivity contribution is 6.30. The summed E-state index contributed by atoms with van der Waals surface area (Å²) in [4.78, 5) is 0. The smallest absolute Gasteiger partial charge is 0.142 e. The Hall–Kier alpha value is -0.640. The topological polar surface area (TPSA) is 21.3 Å². The fourth-order valence-corrected chi connectivity index (χ4v) is 1.58. The largest absolute Gasteiger partial charge is 0.368 e. The fourth-order valence-electron chi connectivity index (χ4n) is 1.47. The first-order valence-electron chi connectivity index (χ1n) is 4.88. The first-order chi connectivity index (χ1) is 7.09. The van der Waals surface area contributed by atoms with Crippen LogP contribution in [-0.2, 0) is 11.3 Å². The molecule has 0 spiro atoms. The van der Waals surface area contributed by atoms with E-state index in [1.165, 1.54) is 6.07 Å². The van der Waals surface area contributed by atoms with Gasteiger partial charge in [-0.3, -0.25) is 0 Å². The van der Waals surface area contributed by atoms with Crippen LogP contribution in [0.25, 0.3) is 0 Å². The molecule has 2 rings (SSSR count). The Morgan fingerprint density at radius 1 is 1.53 bits per heavy atom. The third-order valence-electron chi connectivity index (χ3n) is 2.57. The summed E-state index contributed by atoms with van der Waals surface area (Å²) < 4.78 is 18.8. The lowest BCUT2D eigenvalue weighted by Gasteiger charge is -2.39. The van der Waals surface area contributed by atoms with Gasteiger partial charge >= 0.3 is 0 Å². The molecule has 0 atom stereocenters. The van der Waals surface area contributed by atoms with Crippen LogP contribution in [0.15, 0.2) is 18.2 Å². The third-order valence-corrected chi connectivity index (χ3v) is 2.88. The molecule has 15 heavy (non-hydrogen) atoms. The lowest BCUT2D eigenvalue weighted by atomic mass is 10.00. The van der Waals surface area contributed by atoms with Gasteiger partial charge in [0.15, 0.2) is 0 Å². The van der Waals surface area contributed by atoms with Gasteiger partial charge in [0.2, 0.25) is 0 Å². The molecule has 1 aliphatic rings. The summed E-state index contributed by atoms with van der Waals surface area (Å²) in [5.41, 5.74) is 0.709. The molecule has 2 nitrogen and oxygen atoms in total. The summed E-state index contributed by atoms with van der Waals surface area (Å²) in [6, 6.07) is 4.75. The van der Waals surface area contributed by atoms with Crippen molar-refractivity contribution in [2.75, 3.05) is 13.1 Å². The Morgan fingerprint density at radius 2 is 2.27 bits per heavy atom. The molecule has 0 unspecified atom stereocenters. The maximum Gasteiger partial charge on any atom is 0.142 e. The molecule has 82 valence electrons. The number of hydrogen-bond donors (Lipinski definition) is 1. The quantitative estimate of drug-likeness (QED) is 0.859. The highest BCUT2D eigenvalue weighted by Crippen LogP contribution is 2.20. The van der Waals surface area contributed by atoms with Crippen LogP contribution < -0.4 is 5.32 Å². The fraction of sp³-hybridized carbons (Fsp3) is 0.455. The maximum atomic E-state index is 13.1. The zero-order valence-corrected chi connectivity index (χ0v) is 9.27. The molecule has 1 N–H and O–H groups in total. The van der Waals surface area contributed by atoms with Crippen LogP contribution in [0.1, 0.15) is 12.5 Å². The second-order valence-corrected chi connectivity index (χ2v) is 4.50. The standard InChI is InChI=1S/C11H13ClFNO/c1-11(6-14-7-11)15-5-8-2-3-9(12)10(13)4-8/h2-4,14H,5-7H2,1H3. The van der Waals surface area contributed by atoms with E-state index in [1.807, 2.05) is 6.92 Å². The maximum absolute atomic E-state index is 13.1. The molecular formula is C11H13ClFNO. The van der Waals surface area contributed by atoms with Crippen LogP contribution in [0.3, 0.4) is 0 Å². The average molecular weight is 230 g/mol. The summed E-state index contributed by atoms with van der Waals surface area (Å²) in [7, 11) is 0. The summed E-state index contributed by atoms with van der Waals surface area (Å²) in [5.74, 6) is -0.394. The van der Waals surface area contributed by atoms with Gasteiger partial charge in [0.05, 0.1) is 17.2 Å². The lowest BCUT2D eigenvalue weighted by molar-refractivity contribution is -0.0768. The highest BCUT2D eigenvalue weighted by atomic mass is 35.5. The number of rotatable bonds is 3. The summed E-state index contributed by atoms with van der Waals surface area (Å²) >= 11 is 5.58. The lowest BCUT2D eigenvalue weighted by Crippen LogP contribution is -2.58. The van der Waals surface area contributed by atoms with Crippen molar-refractivity contribution in [1.29, 1.82) is 0 Å².